The van der Waals surface area contributed by atoms with Crippen LogP contribution in [-0.2, 0) is 10.7 Å². The van der Waals surface area contributed by atoms with E-state index in [1.54, 1.807) is 0 Å². The van der Waals surface area contributed by atoms with Crippen LogP contribution in [0.2, 0.25) is 0 Å². The van der Waals surface area contributed by atoms with Crippen LogP contribution in [0.3, 0.4) is 0 Å². The van der Waals surface area contributed by atoms with Crippen LogP contribution < -0.4 is 4.74 Å². The highest BCUT2D eigenvalue weighted by Crippen LogP contribution is 2.39. The van der Waals surface area contributed by atoms with Gasteiger partial charge in [-0.05, 0) is 18.6 Å². The van der Waals surface area contributed by atoms with Gasteiger partial charge in [0.25, 0.3) is 5.92 Å². The first-order chi connectivity index (χ1) is 7.79. The third-order valence-electron chi connectivity index (χ3n) is 2.55. The van der Waals surface area contributed by atoms with Crippen LogP contribution in [-0.4, -0.2) is 18.2 Å². The molecule has 0 saturated carbocycles. The molecule has 94 valence electrons. The quantitative estimate of drug-likeness (QED) is 0.885. The van der Waals surface area contributed by atoms with Gasteiger partial charge in [0.15, 0.2) is 0 Å². The minimum atomic E-state index is -3.15. The third kappa shape index (κ3) is 2.72. The number of alkyl halides is 2. The Bertz CT molecular complexity index is 424. The van der Waals surface area contributed by atoms with Crippen LogP contribution in [0.25, 0.3) is 0 Å². The lowest BCUT2D eigenvalue weighted by Crippen LogP contribution is -2.17. The van der Waals surface area contributed by atoms with Crippen molar-refractivity contribution in [1.29, 1.82) is 0 Å². The summed E-state index contributed by atoms with van der Waals surface area (Å²) in [5.41, 5.74) is -0.290. The van der Waals surface area contributed by atoms with E-state index in [1.165, 1.54) is 32.2 Å². The number of hydrogen-bond donors (Lipinski definition) is 1. The maximum Gasteiger partial charge on any atom is 0.310 e. The lowest BCUT2D eigenvalue weighted by atomic mass is 9.92. The van der Waals surface area contributed by atoms with Crippen molar-refractivity contribution in [3.05, 3.63) is 29.3 Å². The number of hydrogen-bond acceptors (Lipinski definition) is 2. The summed E-state index contributed by atoms with van der Waals surface area (Å²) in [7, 11) is 1.28. The Morgan fingerprint density at radius 2 is 2.06 bits per heavy atom. The number of benzene rings is 1. The molecule has 0 fully saturated rings. The molecule has 1 aromatic rings. The number of aliphatic carboxylic acids is 1. The van der Waals surface area contributed by atoms with Crippen molar-refractivity contribution >= 4 is 5.97 Å². The largest absolute Gasteiger partial charge is 0.496 e. The average molecular weight is 244 g/mol. The predicted molar refractivity (Wildman–Crippen MR) is 58.6 cm³/mol. The SMILES string of the molecule is COc1cccc(C(C)C(=O)O)c1C(C)(F)F. The minimum absolute atomic E-state index is 0.00287. The van der Waals surface area contributed by atoms with Crippen molar-refractivity contribution in [3.8, 4) is 5.75 Å². The Kier molecular flexibility index (Phi) is 3.70. The number of halogens is 2. The van der Waals surface area contributed by atoms with E-state index in [1.807, 2.05) is 0 Å². The second-order valence-corrected chi connectivity index (χ2v) is 3.87. The maximum absolute atomic E-state index is 13.5. The van der Waals surface area contributed by atoms with E-state index >= 15 is 0 Å². The molecular formula is C12H14F2O3. The highest BCUT2D eigenvalue weighted by molar-refractivity contribution is 5.76. The Balaban J connectivity index is 3.45. The van der Waals surface area contributed by atoms with Gasteiger partial charge in [-0.15, -0.1) is 0 Å². The van der Waals surface area contributed by atoms with Gasteiger partial charge in [0.2, 0.25) is 0 Å². The van der Waals surface area contributed by atoms with Crippen LogP contribution in [0.5, 0.6) is 5.75 Å². The Morgan fingerprint density at radius 1 is 1.47 bits per heavy atom. The number of methoxy groups -OCH3 is 1. The normalized spacial score (nSPS) is 13.2. The van der Waals surface area contributed by atoms with Crippen LogP contribution in [0, 0.1) is 0 Å². The third-order valence-corrected chi connectivity index (χ3v) is 2.55. The molecule has 0 aliphatic carbocycles. The smallest absolute Gasteiger partial charge is 0.310 e. The van der Waals surface area contributed by atoms with Gasteiger partial charge in [0, 0.05) is 6.92 Å². The van der Waals surface area contributed by atoms with Crippen molar-refractivity contribution in [2.24, 2.45) is 0 Å². The molecule has 0 amide bonds. The summed E-state index contributed by atoms with van der Waals surface area (Å²) >= 11 is 0. The summed E-state index contributed by atoms with van der Waals surface area (Å²) < 4.78 is 31.9. The van der Waals surface area contributed by atoms with Crippen LogP contribution in [0.4, 0.5) is 8.78 Å². The lowest BCUT2D eigenvalue weighted by molar-refractivity contribution is -0.138. The summed E-state index contributed by atoms with van der Waals surface area (Å²) in [6.07, 6.45) is 0. The topological polar surface area (TPSA) is 46.5 Å². The molecule has 0 bridgehead atoms. The molecule has 1 atom stereocenters. The molecule has 0 radical (unpaired) electrons. The predicted octanol–water partition coefficient (Wildman–Crippen LogP) is 3.00. The van der Waals surface area contributed by atoms with E-state index in [2.05, 4.69) is 0 Å². The fourth-order valence-corrected chi connectivity index (χ4v) is 1.68. The molecule has 1 aromatic carbocycles. The van der Waals surface area contributed by atoms with Gasteiger partial charge in [-0.3, -0.25) is 4.79 Å². The van der Waals surface area contributed by atoms with Gasteiger partial charge >= 0.3 is 5.97 Å². The van der Waals surface area contributed by atoms with Gasteiger partial charge in [0.05, 0.1) is 18.6 Å². The first kappa shape index (κ1) is 13.4. The monoisotopic (exact) mass is 244 g/mol. The van der Waals surface area contributed by atoms with E-state index in [-0.39, 0.29) is 16.9 Å². The van der Waals surface area contributed by atoms with Crippen molar-refractivity contribution < 1.29 is 23.4 Å². The fourth-order valence-electron chi connectivity index (χ4n) is 1.68. The van der Waals surface area contributed by atoms with Crippen LogP contribution in [0.1, 0.15) is 30.9 Å². The second-order valence-electron chi connectivity index (χ2n) is 3.87. The standard InChI is InChI=1S/C12H14F2O3/c1-7(11(15)16)8-5-4-6-9(17-3)10(8)12(2,13)14/h4-7H,1-3H3,(H,15,16). The van der Waals surface area contributed by atoms with E-state index in [9.17, 15) is 13.6 Å². The minimum Gasteiger partial charge on any atom is -0.496 e. The average Bonchev–Trinajstić information content (AvgIpc) is 2.25. The van der Waals surface area contributed by atoms with Crippen molar-refractivity contribution in [3.63, 3.8) is 0 Å². The maximum atomic E-state index is 13.5. The van der Waals surface area contributed by atoms with Gasteiger partial charge in [0.1, 0.15) is 5.75 Å². The Morgan fingerprint density at radius 3 is 2.47 bits per heavy atom. The second kappa shape index (κ2) is 4.69. The Labute approximate surface area is 98.0 Å². The lowest BCUT2D eigenvalue weighted by Gasteiger charge is -2.21. The summed E-state index contributed by atoms with van der Waals surface area (Å²) in [4.78, 5) is 10.9. The summed E-state index contributed by atoms with van der Waals surface area (Å²) in [6, 6.07) is 4.28. The summed E-state index contributed by atoms with van der Waals surface area (Å²) in [6.45, 7) is 2.09. The zero-order valence-corrected chi connectivity index (χ0v) is 9.83. The molecule has 0 aliphatic rings. The van der Waals surface area contributed by atoms with Crippen molar-refractivity contribution in [2.45, 2.75) is 25.7 Å². The van der Waals surface area contributed by atoms with Crippen LogP contribution >= 0.6 is 0 Å². The highest BCUT2D eigenvalue weighted by atomic mass is 19.3. The molecular weight excluding hydrogens is 230 g/mol. The number of rotatable bonds is 4. The first-order valence-corrected chi connectivity index (χ1v) is 5.07. The molecule has 0 heterocycles. The van der Waals surface area contributed by atoms with E-state index in [4.69, 9.17) is 9.84 Å². The molecule has 0 aromatic heterocycles. The van der Waals surface area contributed by atoms with Crippen LogP contribution in [0.15, 0.2) is 18.2 Å². The summed E-state index contributed by atoms with van der Waals surface area (Å²) in [5, 5.41) is 8.90. The molecule has 1 rings (SSSR count). The molecule has 1 N–H and O–H groups in total. The molecule has 5 heteroatoms. The number of carboxylic acids is 1. The molecule has 0 aliphatic heterocycles. The molecule has 3 nitrogen and oxygen atoms in total. The zero-order chi connectivity index (χ0) is 13.2. The van der Waals surface area contributed by atoms with Crippen molar-refractivity contribution in [1.82, 2.24) is 0 Å². The number of carboxylic acid groups (broad SMARTS) is 1. The highest BCUT2D eigenvalue weighted by Gasteiger charge is 2.34. The van der Waals surface area contributed by atoms with Gasteiger partial charge < -0.3 is 9.84 Å². The Hall–Kier alpha value is -1.65. The molecule has 0 saturated heterocycles. The zero-order valence-electron chi connectivity index (χ0n) is 9.83. The molecule has 1 unspecified atom stereocenters. The molecule has 17 heavy (non-hydrogen) atoms. The van der Waals surface area contributed by atoms with E-state index in [0.717, 1.165) is 6.92 Å². The summed E-state index contributed by atoms with van der Waals surface area (Å²) in [5.74, 6) is -5.30. The van der Waals surface area contributed by atoms with Gasteiger partial charge in [-0.2, -0.15) is 0 Å². The fraction of sp³-hybridized carbons (Fsp3) is 0.417. The van der Waals surface area contributed by atoms with E-state index < -0.39 is 17.8 Å². The van der Waals surface area contributed by atoms with Crippen molar-refractivity contribution in [2.75, 3.05) is 7.11 Å². The number of carbonyl (C=O) groups is 1. The van der Waals surface area contributed by atoms with Gasteiger partial charge in [-0.25, -0.2) is 8.78 Å². The molecule has 0 spiro atoms. The first-order valence-electron chi connectivity index (χ1n) is 5.07. The number of ether oxygens (including phenoxy) is 1. The van der Waals surface area contributed by atoms with Gasteiger partial charge in [-0.1, -0.05) is 12.1 Å². The van der Waals surface area contributed by atoms with E-state index in [0.29, 0.717) is 0 Å².